The van der Waals surface area contributed by atoms with Gasteiger partial charge < -0.3 is 20.3 Å². The van der Waals surface area contributed by atoms with E-state index in [2.05, 4.69) is 10.3 Å². The lowest BCUT2D eigenvalue weighted by Crippen LogP contribution is -2.13. The maximum Gasteiger partial charge on any atom is 0.248 e. The fraction of sp³-hybridized carbons (Fsp3) is 0.208. The molecule has 0 atom stereocenters. The molecule has 0 aliphatic rings. The maximum absolute atomic E-state index is 14.3. The number of rotatable bonds is 8. The van der Waals surface area contributed by atoms with Crippen molar-refractivity contribution < 1.29 is 33.1 Å². The number of likely N-dealkylation sites (N-methyl/N-ethyl adjacent to an activating group) is 1. The van der Waals surface area contributed by atoms with Crippen LogP contribution in [0.1, 0.15) is 31.6 Å². The number of nitrogens with zero attached hydrogens (tertiary/aromatic N) is 3. The molecule has 170 valence electrons. The number of hydrogen-bond acceptors (Lipinski definition) is 6. The van der Waals surface area contributed by atoms with E-state index in [-0.39, 0.29) is 0 Å². The minimum Gasteiger partial charge on any atom is -0.492 e. The lowest BCUT2D eigenvalue weighted by molar-refractivity contribution is -0.111. The number of ether oxygens (including phenoxy) is 1. The van der Waals surface area contributed by atoms with Gasteiger partial charge >= 0.3 is 0 Å². The van der Waals surface area contributed by atoms with E-state index in [1.165, 1.54) is 14.1 Å². The standard InChI is InChI=1S/C24H23ClFN5O2/c1-4-33-22-12-20-17(11-21(22)30-23(32)6-5-9-31(2)3)24(15(13-27)14-28-20)29-16-7-8-19(26)18(25)10-16/h5-8,10-12,14H,4,9H2,1-3H3,(H,28,29)(H,30,32)/b6-5+/i1D3,4D2,6D,7D,8D,9D2,10D,11D,12D,14D. The Bertz CT molecular complexity index is 1850. The van der Waals surface area contributed by atoms with E-state index in [1.807, 2.05) is 5.32 Å². The Labute approximate surface area is 216 Å². The largest absolute Gasteiger partial charge is 0.492 e. The van der Waals surface area contributed by atoms with E-state index in [4.69, 9.17) is 35.5 Å². The number of nitriles is 1. The zero-order valence-corrected chi connectivity index (χ0v) is 17.7. The molecule has 0 unspecified atom stereocenters. The molecule has 1 amide bonds. The van der Waals surface area contributed by atoms with E-state index >= 15 is 0 Å². The molecular weight excluding hydrogens is 445 g/mol. The van der Waals surface area contributed by atoms with Crippen LogP contribution in [0.5, 0.6) is 5.75 Å². The van der Waals surface area contributed by atoms with E-state index < -0.39 is 118 Å². The van der Waals surface area contributed by atoms with Crippen molar-refractivity contribution in [3.8, 4) is 11.8 Å². The molecule has 0 saturated carbocycles. The van der Waals surface area contributed by atoms with Crippen LogP contribution < -0.4 is 15.4 Å². The molecule has 33 heavy (non-hydrogen) atoms. The summed E-state index contributed by atoms with van der Waals surface area (Å²) in [5.74, 6) is -3.95. The molecular formula is C24H23ClFN5O2. The molecule has 1 heterocycles. The van der Waals surface area contributed by atoms with Gasteiger partial charge in [0.2, 0.25) is 5.91 Å². The zero-order valence-electron chi connectivity index (χ0n) is 31.0. The molecule has 2 N–H and O–H groups in total. The second kappa shape index (κ2) is 10.8. The van der Waals surface area contributed by atoms with Crippen LogP contribution in [0.25, 0.3) is 10.9 Å². The maximum atomic E-state index is 14.3. The van der Waals surface area contributed by atoms with Gasteiger partial charge in [-0.05, 0) is 45.1 Å². The Kier molecular flexibility index (Phi) is 3.74. The third kappa shape index (κ3) is 5.98. The molecule has 0 aliphatic carbocycles. The highest BCUT2D eigenvalue weighted by Gasteiger charge is 2.15. The Hall–Kier alpha value is -3.67. The number of carbonyl (C=O) groups excluding carboxylic acids is 1. The van der Waals surface area contributed by atoms with Crippen LogP contribution in [0.3, 0.4) is 0 Å². The Morgan fingerprint density at radius 1 is 1.48 bits per heavy atom. The highest BCUT2D eigenvalue weighted by molar-refractivity contribution is 6.31. The number of fused-ring (bicyclic) bond motifs is 1. The lowest BCUT2D eigenvalue weighted by atomic mass is 10.1. The van der Waals surface area contributed by atoms with Gasteiger partial charge in [0.15, 0.2) is 0 Å². The van der Waals surface area contributed by atoms with Gasteiger partial charge in [0.25, 0.3) is 0 Å². The van der Waals surface area contributed by atoms with Crippen molar-refractivity contribution in [1.29, 1.82) is 5.26 Å². The molecule has 0 bridgehead atoms. The number of benzene rings is 2. The molecule has 1 aromatic heterocycles. The van der Waals surface area contributed by atoms with Gasteiger partial charge in [0.05, 0.1) is 46.4 Å². The second-order valence-electron chi connectivity index (χ2n) is 6.24. The van der Waals surface area contributed by atoms with Crippen LogP contribution >= 0.6 is 11.6 Å². The molecule has 0 spiro atoms. The topological polar surface area (TPSA) is 90.3 Å². The molecule has 9 heteroatoms. The quantitative estimate of drug-likeness (QED) is 0.435. The Morgan fingerprint density at radius 2 is 2.30 bits per heavy atom. The minimum absolute atomic E-state index is 0.577. The fourth-order valence-electron chi connectivity index (χ4n) is 2.38. The van der Waals surface area contributed by atoms with Crippen LogP contribution in [-0.2, 0) is 4.79 Å². The molecule has 0 fully saturated rings. The molecule has 0 saturated heterocycles. The molecule has 3 rings (SSSR count). The number of amides is 1. The van der Waals surface area contributed by atoms with Crippen molar-refractivity contribution in [3.05, 3.63) is 64.9 Å². The van der Waals surface area contributed by atoms with E-state index in [0.29, 0.717) is 6.08 Å². The highest BCUT2D eigenvalue weighted by atomic mass is 35.5. The first-order valence-electron chi connectivity index (χ1n) is 15.9. The van der Waals surface area contributed by atoms with Crippen molar-refractivity contribution in [1.82, 2.24) is 9.88 Å². The summed E-state index contributed by atoms with van der Waals surface area (Å²) in [4.78, 5) is 17.9. The van der Waals surface area contributed by atoms with Gasteiger partial charge in [0.1, 0.15) is 17.6 Å². The van der Waals surface area contributed by atoms with E-state index in [9.17, 15) is 14.4 Å². The van der Waals surface area contributed by atoms with E-state index in [0.717, 1.165) is 4.90 Å². The van der Waals surface area contributed by atoms with Gasteiger partial charge in [-0.2, -0.15) is 5.26 Å². The first-order valence-corrected chi connectivity index (χ1v) is 9.23. The van der Waals surface area contributed by atoms with Crippen molar-refractivity contribution >= 4 is 45.5 Å². The molecule has 0 aliphatic heterocycles. The number of carbonyl (C=O) groups is 1. The average Bonchev–Trinajstić information content (AvgIpc) is 2.96. The number of halogens is 2. The van der Waals surface area contributed by atoms with Gasteiger partial charge in [-0.1, -0.05) is 17.7 Å². The summed E-state index contributed by atoms with van der Waals surface area (Å²) in [5, 5.41) is 12.8. The van der Waals surface area contributed by atoms with Crippen molar-refractivity contribution in [2.45, 2.75) is 6.85 Å². The molecule has 0 radical (unpaired) electrons. The summed E-state index contributed by atoms with van der Waals surface area (Å²) in [6.45, 7) is -9.42. The van der Waals surface area contributed by atoms with E-state index in [1.54, 1.807) is 6.07 Å². The first kappa shape index (κ1) is 11.5. The average molecular weight is 482 g/mol. The number of aromatic nitrogens is 1. The highest BCUT2D eigenvalue weighted by Crippen LogP contribution is 2.36. The predicted molar refractivity (Wildman–Crippen MR) is 129 cm³/mol. The van der Waals surface area contributed by atoms with Gasteiger partial charge in [0, 0.05) is 42.7 Å². The van der Waals surface area contributed by atoms with Gasteiger partial charge in [-0.25, -0.2) is 4.39 Å². The summed E-state index contributed by atoms with van der Waals surface area (Å²) in [6.07, 6.45) is -0.301. The van der Waals surface area contributed by atoms with Gasteiger partial charge in [-0.15, -0.1) is 0 Å². The van der Waals surface area contributed by atoms with Crippen LogP contribution in [0.15, 0.2) is 48.5 Å². The summed E-state index contributed by atoms with van der Waals surface area (Å²) in [7, 11) is 2.61. The SMILES string of the molecule is [2H]/C(=C\C([2H])([2H])N(C)C)C(=O)Nc1c(OC([2H])([2H])C([2H])([2H])[2H])c([2H])c2nc([2H])c(C#N)c(Nc3c([2H])c([2H])c(F)c(Cl)c3[2H])c2c1[2H]. The third-order valence-corrected chi connectivity index (χ3v) is 3.99. The van der Waals surface area contributed by atoms with Crippen LogP contribution in [-0.4, -0.2) is 42.9 Å². The monoisotopic (exact) mass is 481 g/mol. The van der Waals surface area contributed by atoms with Crippen LogP contribution in [0.4, 0.5) is 21.5 Å². The number of pyridine rings is 1. The molecule has 3 aromatic rings. The number of anilines is 3. The summed E-state index contributed by atoms with van der Waals surface area (Å²) >= 11 is 5.82. The minimum atomic E-state index is -3.57. The first-order chi connectivity index (χ1) is 21.4. The molecule has 7 nitrogen and oxygen atoms in total. The third-order valence-electron chi connectivity index (χ3n) is 3.73. The summed E-state index contributed by atoms with van der Waals surface area (Å²) in [6, 6.07) is -4.30. The van der Waals surface area contributed by atoms with Gasteiger partial charge in [-0.3, -0.25) is 9.78 Å². The molecule has 2 aromatic carbocycles. The predicted octanol–water partition coefficient (Wildman–Crippen LogP) is 5.10. The van der Waals surface area contributed by atoms with Crippen molar-refractivity contribution in [3.63, 3.8) is 0 Å². The second-order valence-corrected chi connectivity index (χ2v) is 6.61. The zero-order chi connectivity index (χ0) is 36.1. The Morgan fingerprint density at radius 3 is 3.03 bits per heavy atom. The van der Waals surface area contributed by atoms with Crippen LogP contribution in [0.2, 0.25) is 5.02 Å². The number of hydrogen-bond donors (Lipinski definition) is 2. The van der Waals surface area contributed by atoms with Crippen LogP contribution in [0, 0.1) is 17.1 Å². The smallest absolute Gasteiger partial charge is 0.248 e. The van der Waals surface area contributed by atoms with Crippen molar-refractivity contribution in [2.75, 3.05) is 37.8 Å². The lowest BCUT2D eigenvalue weighted by Gasteiger charge is -2.16. The Balaban J connectivity index is 2.49. The summed E-state index contributed by atoms with van der Waals surface area (Å²) < 4.78 is 132. The normalized spacial score (nSPS) is 18.7. The van der Waals surface area contributed by atoms with Crippen molar-refractivity contribution in [2.24, 2.45) is 0 Å². The fourth-order valence-corrected chi connectivity index (χ4v) is 2.53. The summed E-state index contributed by atoms with van der Waals surface area (Å²) in [5.41, 5.74) is -3.65. The number of nitrogens with one attached hydrogen (secondary N) is 2.